The summed E-state index contributed by atoms with van der Waals surface area (Å²) in [4.78, 5) is 12.0. The summed E-state index contributed by atoms with van der Waals surface area (Å²) in [7, 11) is 0. The maximum absolute atomic E-state index is 12.0. The van der Waals surface area contributed by atoms with Crippen LogP contribution in [0.25, 0.3) is 0 Å². The van der Waals surface area contributed by atoms with Crippen molar-refractivity contribution in [2.75, 3.05) is 0 Å². The molecule has 0 amide bonds. The summed E-state index contributed by atoms with van der Waals surface area (Å²) >= 11 is -0.122. The molecule has 0 aromatic heterocycles. The Kier molecular flexibility index (Phi) is 3.78. The van der Waals surface area contributed by atoms with Crippen molar-refractivity contribution in [3.8, 4) is 0 Å². The van der Waals surface area contributed by atoms with Gasteiger partial charge in [0.2, 0.25) is 0 Å². The molecule has 0 saturated carbocycles. The van der Waals surface area contributed by atoms with Crippen molar-refractivity contribution < 1.29 is 4.79 Å². The zero-order valence-corrected chi connectivity index (χ0v) is 11.6. The molecule has 0 aliphatic heterocycles. The van der Waals surface area contributed by atoms with Crippen molar-refractivity contribution in [2.45, 2.75) is 13.8 Å². The van der Waals surface area contributed by atoms with Crippen LogP contribution in [0.3, 0.4) is 0 Å². The second-order valence-electron chi connectivity index (χ2n) is 4.07. The Morgan fingerprint density at radius 1 is 0.824 bits per heavy atom. The van der Waals surface area contributed by atoms with E-state index in [-0.39, 0.29) is 19.6 Å². The second kappa shape index (κ2) is 5.31. The van der Waals surface area contributed by atoms with Crippen LogP contribution in [0, 0.1) is 13.8 Å². The van der Waals surface area contributed by atoms with Crippen LogP contribution >= 0.6 is 0 Å². The molecule has 1 nitrogen and oxygen atoms in total. The van der Waals surface area contributed by atoms with Gasteiger partial charge in [0.05, 0.1) is 0 Å². The van der Waals surface area contributed by atoms with Gasteiger partial charge in [0.1, 0.15) is 0 Å². The Labute approximate surface area is 108 Å². The fourth-order valence-electron chi connectivity index (χ4n) is 1.46. The summed E-state index contributed by atoms with van der Waals surface area (Å²) < 4.78 is 1.37. The number of rotatable bonds is 3. The van der Waals surface area contributed by atoms with E-state index in [9.17, 15) is 4.79 Å². The van der Waals surface area contributed by atoms with Crippen LogP contribution in [-0.4, -0.2) is 19.6 Å². The Morgan fingerprint density at radius 3 is 1.82 bits per heavy atom. The van der Waals surface area contributed by atoms with Gasteiger partial charge < -0.3 is 0 Å². The number of hydrogen-bond acceptors (Lipinski definition) is 1. The fourth-order valence-corrected chi connectivity index (χ4v) is 3.01. The van der Waals surface area contributed by atoms with Gasteiger partial charge in [-0.3, -0.25) is 0 Å². The number of hydrogen-bond donors (Lipinski definition) is 0. The molecule has 2 rings (SSSR count). The zero-order valence-electron chi connectivity index (χ0n) is 9.94. The van der Waals surface area contributed by atoms with E-state index >= 15 is 0 Å². The van der Waals surface area contributed by atoms with Crippen molar-refractivity contribution in [3.05, 3.63) is 65.2 Å². The van der Waals surface area contributed by atoms with Gasteiger partial charge in [-0.05, 0) is 0 Å². The number of aryl methyl sites for hydroxylation is 2. The summed E-state index contributed by atoms with van der Waals surface area (Å²) in [5.74, 6) is 0. The monoisotopic (exact) mass is 290 g/mol. The fraction of sp³-hybridized carbons (Fsp3) is 0.133. The molecule has 0 radical (unpaired) electrons. The minimum atomic E-state index is -0.122. The number of benzene rings is 2. The topological polar surface area (TPSA) is 17.1 Å². The van der Waals surface area contributed by atoms with Gasteiger partial charge in [-0.1, -0.05) is 0 Å². The van der Waals surface area contributed by atoms with E-state index in [1.54, 1.807) is 0 Å². The molecule has 0 fully saturated rings. The summed E-state index contributed by atoms with van der Waals surface area (Å²) in [5.41, 5.74) is 3.23. The van der Waals surface area contributed by atoms with Crippen LogP contribution in [0.2, 0.25) is 0 Å². The van der Waals surface area contributed by atoms with Crippen LogP contribution in [0.4, 0.5) is 0 Å². The van der Waals surface area contributed by atoms with Gasteiger partial charge in [0.25, 0.3) is 0 Å². The average Bonchev–Trinajstić information content (AvgIpc) is 2.33. The van der Waals surface area contributed by atoms with Crippen LogP contribution in [0.1, 0.15) is 21.5 Å². The maximum atomic E-state index is 12.0. The predicted octanol–water partition coefficient (Wildman–Crippen LogP) is 2.47. The number of carbonyl (C=O) groups excluding carboxylic acids is 1. The first-order valence-corrected chi connectivity index (χ1v) is 7.22. The predicted molar refractivity (Wildman–Crippen MR) is 72.1 cm³/mol. The molecule has 17 heavy (non-hydrogen) atoms. The van der Waals surface area contributed by atoms with E-state index in [0.717, 1.165) is 10.0 Å². The molecule has 0 aliphatic rings. The normalized spacial score (nSPS) is 10.2. The Hall–Kier alpha value is -1.37. The van der Waals surface area contributed by atoms with Gasteiger partial charge in [0, 0.05) is 0 Å². The third kappa shape index (κ3) is 3.29. The second-order valence-corrected chi connectivity index (χ2v) is 6.26. The molecule has 0 N–H and O–H groups in total. The minimum absolute atomic E-state index is 0.122. The first-order chi connectivity index (χ1) is 8.15. The summed E-state index contributed by atoms with van der Waals surface area (Å²) in [5, 5.41) is 0. The van der Waals surface area contributed by atoms with Gasteiger partial charge in [-0.25, -0.2) is 0 Å². The molecule has 2 aromatic rings. The van der Waals surface area contributed by atoms with Crippen molar-refractivity contribution in [1.82, 2.24) is 0 Å². The van der Waals surface area contributed by atoms with Crippen molar-refractivity contribution in [2.24, 2.45) is 0 Å². The molecule has 0 bridgehead atoms. The molecular formula is C15H14OSe. The third-order valence-corrected chi connectivity index (χ3v) is 4.47. The average molecular weight is 289 g/mol. The first kappa shape index (κ1) is 12.1. The zero-order chi connectivity index (χ0) is 12.3. The quantitative estimate of drug-likeness (QED) is 0.793. The molecule has 0 aliphatic carbocycles. The first-order valence-electron chi connectivity index (χ1n) is 5.51. The SMILES string of the molecule is Cc1ccc([Se]C(=O)c2ccc(C)cc2)cc1. The van der Waals surface area contributed by atoms with Gasteiger partial charge in [-0.2, -0.15) is 0 Å². The molecule has 0 atom stereocenters. The van der Waals surface area contributed by atoms with Crippen LogP contribution < -0.4 is 4.46 Å². The molecule has 0 spiro atoms. The molecule has 0 unspecified atom stereocenters. The van der Waals surface area contributed by atoms with E-state index in [2.05, 4.69) is 19.1 Å². The van der Waals surface area contributed by atoms with Crippen LogP contribution in [0.15, 0.2) is 48.5 Å². The molecule has 2 heteroatoms. The molecule has 86 valence electrons. The van der Waals surface area contributed by atoms with Crippen molar-refractivity contribution >= 4 is 24.1 Å². The molecule has 0 heterocycles. The summed E-state index contributed by atoms with van der Waals surface area (Å²) in [6, 6.07) is 16.0. The van der Waals surface area contributed by atoms with E-state index in [1.807, 2.05) is 43.3 Å². The van der Waals surface area contributed by atoms with Gasteiger partial charge >= 0.3 is 108 Å². The standard InChI is InChI=1S/C15H14OSe/c1-11-3-7-13(8-4-11)15(16)17-14-9-5-12(2)6-10-14/h3-10H,1-2H3. The summed E-state index contributed by atoms with van der Waals surface area (Å²) in [6.45, 7) is 4.08. The van der Waals surface area contributed by atoms with Gasteiger partial charge in [-0.15, -0.1) is 0 Å². The Morgan fingerprint density at radius 2 is 1.29 bits per heavy atom. The van der Waals surface area contributed by atoms with E-state index < -0.39 is 0 Å². The Bertz CT molecular complexity index is 512. The number of carbonyl (C=O) groups is 1. The van der Waals surface area contributed by atoms with E-state index in [0.29, 0.717) is 0 Å². The Balaban J connectivity index is 2.11. The van der Waals surface area contributed by atoms with Crippen LogP contribution in [0.5, 0.6) is 0 Å². The molecule has 2 aromatic carbocycles. The molecular weight excluding hydrogens is 275 g/mol. The third-order valence-electron chi connectivity index (χ3n) is 2.52. The van der Waals surface area contributed by atoms with Crippen molar-refractivity contribution in [1.29, 1.82) is 0 Å². The van der Waals surface area contributed by atoms with E-state index in [4.69, 9.17) is 0 Å². The van der Waals surface area contributed by atoms with Gasteiger partial charge in [0.15, 0.2) is 0 Å². The van der Waals surface area contributed by atoms with Crippen molar-refractivity contribution in [3.63, 3.8) is 0 Å². The van der Waals surface area contributed by atoms with Crippen LogP contribution in [-0.2, 0) is 0 Å². The van der Waals surface area contributed by atoms with E-state index in [1.165, 1.54) is 11.1 Å². The summed E-state index contributed by atoms with van der Waals surface area (Å²) in [6.07, 6.45) is 0. The molecule has 0 saturated heterocycles.